The standard InChI is InChI=1S/C20H21N3O3/c1-13(2)25-17-9-7-15(8-10-17)20(24)21-12-18-22-19(23-26-18)16-6-4-5-14(3)11-16/h4-11,13H,12H2,1-3H3,(H,21,24). The number of amides is 1. The van der Waals surface area contributed by atoms with Crippen molar-refractivity contribution < 1.29 is 14.1 Å². The number of aromatic nitrogens is 2. The van der Waals surface area contributed by atoms with Gasteiger partial charge in [0.1, 0.15) is 5.75 Å². The lowest BCUT2D eigenvalue weighted by atomic mass is 10.1. The van der Waals surface area contributed by atoms with E-state index >= 15 is 0 Å². The number of rotatable bonds is 6. The number of hydrogen-bond donors (Lipinski definition) is 1. The third kappa shape index (κ3) is 4.47. The third-order valence-corrected chi connectivity index (χ3v) is 3.63. The average Bonchev–Trinajstić information content (AvgIpc) is 3.09. The van der Waals surface area contributed by atoms with Gasteiger partial charge in [0.15, 0.2) is 0 Å². The van der Waals surface area contributed by atoms with Crippen LogP contribution >= 0.6 is 0 Å². The Morgan fingerprint density at radius 1 is 1.19 bits per heavy atom. The second-order valence-electron chi connectivity index (χ2n) is 6.25. The Hall–Kier alpha value is -3.15. The van der Waals surface area contributed by atoms with Crippen molar-refractivity contribution in [2.45, 2.75) is 33.4 Å². The Morgan fingerprint density at radius 2 is 1.96 bits per heavy atom. The lowest BCUT2D eigenvalue weighted by molar-refractivity contribution is 0.0946. The number of carbonyl (C=O) groups is 1. The number of nitrogens with one attached hydrogen (secondary N) is 1. The van der Waals surface area contributed by atoms with Crippen LogP contribution in [0, 0.1) is 6.92 Å². The third-order valence-electron chi connectivity index (χ3n) is 3.63. The fourth-order valence-electron chi connectivity index (χ4n) is 2.44. The molecular weight excluding hydrogens is 330 g/mol. The van der Waals surface area contributed by atoms with E-state index < -0.39 is 0 Å². The van der Waals surface area contributed by atoms with Gasteiger partial charge in [-0.1, -0.05) is 28.9 Å². The van der Waals surface area contributed by atoms with Crippen LogP contribution < -0.4 is 10.1 Å². The molecule has 0 radical (unpaired) electrons. The number of carbonyl (C=O) groups excluding carboxylic acids is 1. The van der Waals surface area contributed by atoms with E-state index in [4.69, 9.17) is 9.26 Å². The first-order chi connectivity index (χ1) is 12.5. The zero-order valence-electron chi connectivity index (χ0n) is 15.0. The predicted octanol–water partition coefficient (Wildman–Crippen LogP) is 3.76. The molecule has 0 fully saturated rings. The molecular formula is C20H21N3O3. The van der Waals surface area contributed by atoms with Crippen LogP contribution in [0.25, 0.3) is 11.4 Å². The van der Waals surface area contributed by atoms with Gasteiger partial charge in [0.2, 0.25) is 11.7 Å². The number of ether oxygens (including phenoxy) is 1. The van der Waals surface area contributed by atoms with Gasteiger partial charge in [0, 0.05) is 11.1 Å². The highest BCUT2D eigenvalue weighted by Gasteiger charge is 2.11. The van der Waals surface area contributed by atoms with Crippen molar-refractivity contribution >= 4 is 5.91 Å². The van der Waals surface area contributed by atoms with Crippen molar-refractivity contribution in [3.05, 3.63) is 65.5 Å². The second-order valence-corrected chi connectivity index (χ2v) is 6.25. The van der Waals surface area contributed by atoms with Gasteiger partial charge in [-0.3, -0.25) is 4.79 Å². The molecule has 0 spiro atoms. The fraction of sp³-hybridized carbons (Fsp3) is 0.250. The number of nitrogens with zero attached hydrogens (tertiary/aromatic N) is 2. The Kier molecular flexibility index (Phi) is 5.31. The zero-order chi connectivity index (χ0) is 18.5. The smallest absolute Gasteiger partial charge is 0.251 e. The molecule has 0 aliphatic heterocycles. The summed E-state index contributed by atoms with van der Waals surface area (Å²) in [4.78, 5) is 16.6. The van der Waals surface area contributed by atoms with Crippen LogP contribution in [0.3, 0.4) is 0 Å². The van der Waals surface area contributed by atoms with Crippen molar-refractivity contribution in [3.8, 4) is 17.1 Å². The van der Waals surface area contributed by atoms with Gasteiger partial charge >= 0.3 is 0 Å². The fourth-order valence-corrected chi connectivity index (χ4v) is 2.44. The van der Waals surface area contributed by atoms with Gasteiger partial charge in [0.05, 0.1) is 12.6 Å². The maximum Gasteiger partial charge on any atom is 0.251 e. The highest BCUT2D eigenvalue weighted by Crippen LogP contribution is 2.17. The maximum absolute atomic E-state index is 12.2. The lowest BCUT2D eigenvalue weighted by Crippen LogP contribution is -2.22. The monoisotopic (exact) mass is 351 g/mol. The molecule has 3 aromatic rings. The summed E-state index contributed by atoms with van der Waals surface area (Å²) in [6, 6.07) is 14.8. The van der Waals surface area contributed by atoms with Gasteiger partial charge in [-0.25, -0.2) is 0 Å². The molecule has 0 atom stereocenters. The molecule has 134 valence electrons. The normalized spacial score (nSPS) is 10.8. The molecule has 0 aliphatic carbocycles. The van der Waals surface area contributed by atoms with E-state index in [0.717, 1.165) is 16.9 Å². The van der Waals surface area contributed by atoms with E-state index in [2.05, 4.69) is 15.5 Å². The molecule has 26 heavy (non-hydrogen) atoms. The van der Waals surface area contributed by atoms with Crippen molar-refractivity contribution in [3.63, 3.8) is 0 Å². The van der Waals surface area contributed by atoms with E-state index in [1.807, 2.05) is 45.0 Å². The molecule has 2 aromatic carbocycles. The summed E-state index contributed by atoms with van der Waals surface area (Å²) in [7, 11) is 0. The quantitative estimate of drug-likeness (QED) is 0.731. The summed E-state index contributed by atoms with van der Waals surface area (Å²) >= 11 is 0. The van der Waals surface area contributed by atoms with Gasteiger partial charge < -0.3 is 14.6 Å². The summed E-state index contributed by atoms with van der Waals surface area (Å²) in [5.41, 5.74) is 2.54. The summed E-state index contributed by atoms with van der Waals surface area (Å²) < 4.78 is 10.8. The molecule has 1 aromatic heterocycles. The largest absolute Gasteiger partial charge is 0.491 e. The van der Waals surface area contributed by atoms with Crippen LogP contribution in [0.2, 0.25) is 0 Å². The number of hydrogen-bond acceptors (Lipinski definition) is 5. The van der Waals surface area contributed by atoms with Crippen LogP contribution in [0.15, 0.2) is 53.1 Å². The Morgan fingerprint density at radius 3 is 2.65 bits per heavy atom. The summed E-state index contributed by atoms with van der Waals surface area (Å²) in [5, 5.41) is 6.74. The molecule has 1 N–H and O–H groups in total. The minimum Gasteiger partial charge on any atom is -0.491 e. The van der Waals surface area contributed by atoms with Gasteiger partial charge in [0.25, 0.3) is 5.91 Å². The van der Waals surface area contributed by atoms with Crippen molar-refractivity contribution in [2.75, 3.05) is 0 Å². The molecule has 3 rings (SSSR count). The van der Waals surface area contributed by atoms with Crippen molar-refractivity contribution in [2.24, 2.45) is 0 Å². The molecule has 1 amide bonds. The molecule has 1 heterocycles. The van der Waals surface area contributed by atoms with Crippen molar-refractivity contribution in [1.82, 2.24) is 15.5 Å². The molecule has 0 saturated carbocycles. The molecule has 6 nitrogen and oxygen atoms in total. The van der Waals surface area contributed by atoms with E-state index in [0.29, 0.717) is 17.3 Å². The maximum atomic E-state index is 12.2. The molecule has 0 bridgehead atoms. The summed E-state index contributed by atoms with van der Waals surface area (Å²) in [6.07, 6.45) is 0.0924. The van der Waals surface area contributed by atoms with Crippen LogP contribution in [0.4, 0.5) is 0 Å². The van der Waals surface area contributed by atoms with Gasteiger partial charge in [-0.2, -0.15) is 4.98 Å². The van der Waals surface area contributed by atoms with Gasteiger partial charge in [-0.15, -0.1) is 0 Å². The first-order valence-corrected chi connectivity index (χ1v) is 8.46. The first kappa shape index (κ1) is 17.7. The van der Waals surface area contributed by atoms with E-state index in [-0.39, 0.29) is 18.6 Å². The van der Waals surface area contributed by atoms with Crippen LogP contribution in [0.5, 0.6) is 5.75 Å². The second kappa shape index (κ2) is 7.82. The number of aryl methyl sites for hydroxylation is 1. The number of benzene rings is 2. The molecule has 0 aliphatic rings. The minimum atomic E-state index is -0.212. The Bertz CT molecular complexity index is 885. The average molecular weight is 351 g/mol. The van der Waals surface area contributed by atoms with Gasteiger partial charge in [-0.05, 0) is 51.1 Å². The molecule has 0 unspecified atom stereocenters. The lowest BCUT2D eigenvalue weighted by Gasteiger charge is -2.09. The zero-order valence-corrected chi connectivity index (χ0v) is 15.0. The summed E-state index contributed by atoms with van der Waals surface area (Å²) in [6.45, 7) is 6.08. The van der Waals surface area contributed by atoms with E-state index in [1.54, 1.807) is 24.3 Å². The molecule has 6 heteroatoms. The SMILES string of the molecule is Cc1cccc(-c2noc(CNC(=O)c3ccc(OC(C)C)cc3)n2)c1. The first-order valence-electron chi connectivity index (χ1n) is 8.46. The Labute approximate surface area is 152 Å². The minimum absolute atomic E-state index is 0.0924. The van der Waals surface area contributed by atoms with Crippen LogP contribution in [0.1, 0.15) is 35.7 Å². The van der Waals surface area contributed by atoms with Crippen molar-refractivity contribution in [1.29, 1.82) is 0 Å². The van der Waals surface area contributed by atoms with Crippen LogP contribution in [-0.2, 0) is 6.54 Å². The summed E-state index contributed by atoms with van der Waals surface area (Å²) in [5.74, 6) is 1.38. The Balaban J connectivity index is 1.59. The predicted molar refractivity (Wildman–Crippen MR) is 97.8 cm³/mol. The molecule has 0 saturated heterocycles. The van der Waals surface area contributed by atoms with E-state index in [1.165, 1.54) is 0 Å². The van der Waals surface area contributed by atoms with E-state index in [9.17, 15) is 4.79 Å². The van der Waals surface area contributed by atoms with Crippen LogP contribution in [-0.4, -0.2) is 22.2 Å². The highest BCUT2D eigenvalue weighted by atomic mass is 16.5. The topological polar surface area (TPSA) is 77.2 Å². The highest BCUT2D eigenvalue weighted by molar-refractivity contribution is 5.94.